The molecular weight excluding hydrogens is 280 g/mol. The number of carbonyl (C=O) groups excluding carboxylic acids is 3. The Morgan fingerprint density at radius 3 is 2.32 bits per heavy atom. The van der Waals surface area contributed by atoms with Crippen LogP contribution in [0.5, 0.6) is 0 Å². The molecule has 0 saturated carbocycles. The maximum Gasteiger partial charge on any atom is 0.240 e. The SMILES string of the molecule is Cc1ccccc1N1C(=O)[C@@H]2[C@@H](C1=O)[C@@H]1C=C[C@H]2C(=O)N1C. The van der Waals surface area contributed by atoms with Crippen LogP contribution in [0.2, 0.25) is 0 Å². The van der Waals surface area contributed by atoms with Gasteiger partial charge in [0.1, 0.15) is 0 Å². The van der Waals surface area contributed by atoms with E-state index in [1.807, 2.05) is 31.2 Å². The highest BCUT2D eigenvalue weighted by atomic mass is 16.2. The summed E-state index contributed by atoms with van der Waals surface area (Å²) in [7, 11) is 1.70. The van der Waals surface area contributed by atoms with E-state index in [-0.39, 0.29) is 23.8 Å². The second kappa shape index (κ2) is 4.29. The zero-order valence-electron chi connectivity index (χ0n) is 12.4. The number of likely N-dealkylation sites (N-methyl/N-ethyl adjacent to an activating group) is 1. The monoisotopic (exact) mass is 296 g/mol. The van der Waals surface area contributed by atoms with Crippen molar-refractivity contribution in [2.75, 3.05) is 11.9 Å². The number of imide groups is 1. The number of benzene rings is 1. The molecule has 112 valence electrons. The van der Waals surface area contributed by atoms with Crippen LogP contribution >= 0.6 is 0 Å². The third-order valence-corrected chi connectivity index (χ3v) is 5.10. The van der Waals surface area contributed by atoms with Gasteiger partial charge < -0.3 is 4.90 Å². The summed E-state index contributed by atoms with van der Waals surface area (Å²) in [5.74, 6) is -2.02. The molecule has 4 aliphatic rings. The fourth-order valence-corrected chi connectivity index (χ4v) is 3.96. The number of piperidine rings is 1. The van der Waals surface area contributed by atoms with Crippen LogP contribution in [-0.2, 0) is 14.4 Å². The molecule has 22 heavy (non-hydrogen) atoms. The molecular formula is C17H16N2O3. The molecule has 1 aromatic carbocycles. The molecule has 3 heterocycles. The van der Waals surface area contributed by atoms with Gasteiger partial charge in [-0.1, -0.05) is 30.4 Å². The highest BCUT2D eigenvalue weighted by Gasteiger charge is 2.61. The normalized spacial score (nSPS) is 32.9. The van der Waals surface area contributed by atoms with Gasteiger partial charge in [-0.05, 0) is 18.6 Å². The van der Waals surface area contributed by atoms with Crippen molar-refractivity contribution in [2.45, 2.75) is 13.0 Å². The number of carbonyl (C=O) groups is 3. The molecule has 0 unspecified atom stereocenters. The van der Waals surface area contributed by atoms with E-state index in [0.29, 0.717) is 5.69 Å². The number of amides is 3. The Morgan fingerprint density at radius 1 is 0.909 bits per heavy atom. The maximum absolute atomic E-state index is 12.9. The minimum Gasteiger partial charge on any atom is -0.338 e. The molecule has 4 atom stereocenters. The predicted molar refractivity (Wildman–Crippen MR) is 79.8 cm³/mol. The Hall–Kier alpha value is -2.43. The van der Waals surface area contributed by atoms with Crippen LogP contribution in [0.1, 0.15) is 5.56 Å². The molecule has 0 N–H and O–H groups in total. The average Bonchev–Trinajstić information content (AvgIpc) is 2.78. The van der Waals surface area contributed by atoms with E-state index in [4.69, 9.17) is 0 Å². The Morgan fingerprint density at radius 2 is 1.59 bits per heavy atom. The minimum atomic E-state index is -0.550. The smallest absolute Gasteiger partial charge is 0.240 e. The molecule has 0 aromatic heterocycles. The quantitative estimate of drug-likeness (QED) is 0.576. The first-order valence-electron chi connectivity index (χ1n) is 7.41. The van der Waals surface area contributed by atoms with Crippen LogP contribution in [-0.4, -0.2) is 35.7 Å². The van der Waals surface area contributed by atoms with Crippen molar-refractivity contribution in [3.8, 4) is 0 Å². The number of aryl methyl sites for hydroxylation is 1. The van der Waals surface area contributed by atoms with Gasteiger partial charge in [0.05, 0.1) is 29.5 Å². The summed E-state index contributed by atoms with van der Waals surface area (Å²) < 4.78 is 0. The second-order valence-electron chi connectivity index (χ2n) is 6.20. The van der Waals surface area contributed by atoms with Crippen molar-refractivity contribution in [3.63, 3.8) is 0 Å². The molecule has 0 spiro atoms. The summed E-state index contributed by atoms with van der Waals surface area (Å²) in [4.78, 5) is 40.9. The van der Waals surface area contributed by atoms with Crippen LogP contribution < -0.4 is 4.90 Å². The number of anilines is 1. The summed E-state index contributed by atoms with van der Waals surface area (Å²) in [6, 6.07) is 7.03. The molecule has 2 fully saturated rings. The number of hydrogen-bond donors (Lipinski definition) is 0. The molecule has 2 bridgehead atoms. The topological polar surface area (TPSA) is 57.7 Å². The number of hydrogen-bond acceptors (Lipinski definition) is 3. The number of para-hydroxylation sites is 1. The van der Waals surface area contributed by atoms with Crippen molar-refractivity contribution in [3.05, 3.63) is 42.0 Å². The maximum atomic E-state index is 12.9. The molecule has 3 aliphatic heterocycles. The van der Waals surface area contributed by atoms with Crippen molar-refractivity contribution in [2.24, 2.45) is 17.8 Å². The van der Waals surface area contributed by atoms with Crippen LogP contribution in [0.15, 0.2) is 36.4 Å². The summed E-state index contributed by atoms with van der Waals surface area (Å²) >= 11 is 0. The van der Waals surface area contributed by atoms with Crippen LogP contribution in [0.25, 0.3) is 0 Å². The fourth-order valence-electron chi connectivity index (χ4n) is 3.96. The van der Waals surface area contributed by atoms with Gasteiger partial charge in [-0.15, -0.1) is 0 Å². The lowest BCUT2D eigenvalue weighted by Crippen LogP contribution is -2.57. The van der Waals surface area contributed by atoms with E-state index in [0.717, 1.165) is 5.56 Å². The van der Waals surface area contributed by atoms with Gasteiger partial charge in [0.15, 0.2) is 0 Å². The van der Waals surface area contributed by atoms with E-state index >= 15 is 0 Å². The number of fused-ring (bicyclic) bond motifs is 1. The Labute approximate surface area is 128 Å². The minimum absolute atomic E-state index is 0.0680. The van der Waals surface area contributed by atoms with E-state index < -0.39 is 17.8 Å². The standard InChI is InChI=1S/C17H16N2O3/c1-9-5-3-4-6-11(9)19-16(21)13-10-7-8-12(14(13)17(19)22)18(2)15(10)20/h3-8,10,12-14H,1-2H3/t10-,12+,13+,14+/m1/s1. The van der Waals surface area contributed by atoms with Gasteiger partial charge >= 0.3 is 0 Å². The second-order valence-corrected chi connectivity index (χ2v) is 6.20. The molecule has 2 saturated heterocycles. The van der Waals surface area contributed by atoms with E-state index in [2.05, 4.69) is 0 Å². The molecule has 0 radical (unpaired) electrons. The summed E-state index contributed by atoms with van der Waals surface area (Å²) in [5, 5.41) is 0. The van der Waals surface area contributed by atoms with E-state index in [1.165, 1.54) is 4.90 Å². The first kappa shape index (κ1) is 13.2. The average molecular weight is 296 g/mol. The highest BCUT2D eigenvalue weighted by Crippen LogP contribution is 2.46. The third-order valence-electron chi connectivity index (χ3n) is 5.10. The molecule has 5 nitrogen and oxygen atoms in total. The van der Waals surface area contributed by atoms with E-state index in [1.54, 1.807) is 24.1 Å². The van der Waals surface area contributed by atoms with Crippen molar-refractivity contribution in [1.29, 1.82) is 0 Å². The van der Waals surface area contributed by atoms with Crippen LogP contribution in [0, 0.1) is 24.7 Å². The summed E-state index contributed by atoms with van der Waals surface area (Å²) in [5.41, 5.74) is 1.50. The third kappa shape index (κ3) is 1.46. The lowest BCUT2D eigenvalue weighted by molar-refractivity contribution is -0.148. The van der Waals surface area contributed by atoms with Gasteiger partial charge in [0.2, 0.25) is 17.7 Å². The zero-order chi connectivity index (χ0) is 15.6. The van der Waals surface area contributed by atoms with Gasteiger partial charge in [-0.3, -0.25) is 14.4 Å². The van der Waals surface area contributed by atoms with Gasteiger partial charge in [0.25, 0.3) is 0 Å². The molecule has 5 heteroatoms. The van der Waals surface area contributed by atoms with Crippen molar-refractivity contribution in [1.82, 2.24) is 4.90 Å². The first-order chi connectivity index (χ1) is 10.5. The molecule has 1 aliphatic carbocycles. The lowest BCUT2D eigenvalue weighted by atomic mass is 9.70. The fraction of sp³-hybridized carbons (Fsp3) is 0.353. The number of rotatable bonds is 1. The largest absolute Gasteiger partial charge is 0.338 e. The summed E-state index contributed by atoms with van der Waals surface area (Å²) in [6.07, 6.45) is 3.68. The Balaban J connectivity index is 1.82. The molecule has 3 amide bonds. The zero-order valence-corrected chi connectivity index (χ0v) is 12.4. The highest BCUT2D eigenvalue weighted by molar-refractivity contribution is 6.24. The van der Waals surface area contributed by atoms with Gasteiger partial charge in [-0.2, -0.15) is 0 Å². The molecule has 5 rings (SSSR count). The van der Waals surface area contributed by atoms with Crippen molar-refractivity contribution >= 4 is 23.4 Å². The Bertz CT molecular complexity index is 739. The van der Waals surface area contributed by atoms with Gasteiger partial charge in [0, 0.05) is 7.05 Å². The summed E-state index contributed by atoms with van der Waals surface area (Å²) in [6.45, 7) is 1.88. The first-order valence-corrected chi connectivity index (χ1v) is 7.41. The van der Waals surface area contributed by atoms with Crippen LogP contribution in [0.3, 0.4) is 0 Å². The van der Waals surface area contributed by atoms with E-state index in [9.17, 15) is 14.4 Å². The molecule has 1 aromatic rings. The predicted octanol–water partition coefficient (Wildman–Crippen LogP) is 1.13. The number of nitrogens with zero attached hydrogens (tertiary/aromatic N) is 2. The van der Waals surface area contributed by atoms with Crippen LogP contribution in [0.4, 0.5) is 5.69 Å². The van der Waals surface area contributed by atoms with Gasteiger partial charge in [-0.25, -0.2) is 4.90 Å². The Kier molecular flexibility index (Phi) is 2.58. The van der Waals surface area contributed by atoms with Crippen molar-refractivity contribution < 1.29 is 14.4 Å². The lowest BCUT2D eigenvalue weighted by Gasteiger charge is -2.44.